The third kappa shape index (κ3) is 3.40. The number of aryl methyl sites for hydroxylation is 3. The molecular formula is C22H28FN3O2. The van der Waals surface area contributed by atoms with Gasteiger partial charge in [-0.25, -0.2) is 4.68 Å². The highest BCUT2D eigenvalue weighted by molar-refractivity contribution is 5.96. The van der Waals surface area contributed by atoms with Gasteiger partial charge in [0.15, 0.2) is 0 Å². The highest BCUT2D eigenvalue weighted by Gasteiger charge is 2.41. The van der Waals surface area contributed by atoms with Crippen molar-refractivity contribution >= 4 is 5.91 Å². The lowest BCUT2D eigenvalue weighted by molar-refractivity contribution is 0.0631. The predicted molar refractivity (Wildman–Crippen MR) is 105 cm³/mol. The molecule has 4 rings (SSSR count). The summed E-state index contributed by atoms with van der Waals surface area (Å²) in [5, 5.41) is 4.10. The summed E-state index contributed by atoms with van der Waals surface area (Å²) in [6.45, 7) is 5.73. The van der Waals surface area contributed by atoms with Gasteiger partial charge in [0.25, 0.3) is 5.91 Å². The van der Waals surface area contributed by atoms with Crippen molar-refractivity contribution in [1.29, 1.82) is 0 Å². The van der Waals surface area contributed by atoms with Crippen LogP contribution >= 0.6 is 0 Å². The first-order valence-corrected chi connectivity index (χ1v) is 10.2. The van der Waals surface area contributed by atoms with Crippen LogP contribution in [0.2, 0.25) is 0 Å². The first-order valence-electron chi connectivity index (χ1n) is 10.2. The van der Waals surface area contributed by atoms with Crippen LogP contribution in [0, 0.1) is 12.9 Å². The monoisotopic (exact) mass is 385 g/mol. The Morgan fingerprint density at radius 1 is 1.32 bits per heavy atom. The SMILES string of the molecule is Cc1nn(C)c(F)c1C(=O)N(C1CC1)C1CCCc2cc(OC(C)C)ccc21. The van der Waals surface area contributed by atoms with Crippen LogP contribution in [0.25, 0.3) is 0 Å². The van der Waals surface area contributed by atoms with Gasteiger partial charge in [0.05, 0.1) is 17.8 Å². The molecule has 6 heteroatoms. The summed E-state index contributed by atoms with van der Waals surface area (Å²) in [6.07, 6.45) is 4.97. The molecule has 2 aliphatic carbocycles. The highest BCUT2D eigenvalue weighted by Crippen LogP contribution is 2.42. The van der Waals surface area contributed by atoms with E-state index in [1.165, 1.54) is 18.2 Å². The summed E-state index contributed by atoms with van der Waals surface area (Å²) in [6, 6.07) is 6.35. The van der Waals surface area contributed by atoms with Gasteiger partial charge in [-0.1, -0.05) is 6.07 Å². The Balaban J connectivity index is 1.69. The predicted octanol–water partition coefficient (Wildman–Crippen LogP) is 4.34. The Labute approximate surface area is 165 Å². The molecule has 1 atom stereocenters. The maximum atomic E-state index is 14.6. The van der Waals surface area contributed by atoms with E-state index in [2.05, 4.69) is 17.2 Å². The molecule has 0 spiro atoms. The molecule has 150 valence electrons. The number of fused-ring (bicyclic) bond motifs is 1. The average Bonchev–Trinajstić information content (AvgIpc) is 3.42. The Kier molecular flexibility index (Phi) is 4.89. The van der Waals surface area contributed by atoms with Gasteiger partial charge in [-0.3, -0.25) is 4.79 Å². The van der Waals surface area contributed by atoms with Crippen LogP contribution in [-0.4, -0.2) is 32.7 Å². The molecule has 1 heterocycles. The molecule has 0 bridgehead atoms. The molecule has 1 saturated carbocycles. The van der Waals surface area contributed by atoms with E-state index in [0.717, 1.165) is 42.5 Å². The maximum absolute atomic E-state index is 14.6. The van der Waals surface area contributed by atoms with Gasteiger partial charge >= 0.3 is 0 Å². The fraction of sp³-hybridized carbons (Fsp3) is 0.545. The number of nitrogens with zero attached hydrogens (tertiary/aromatic N) is 3. The van der Waals surface area contributed by atoms with Gasteiger partial charge in [-0.15, -0.1) is 0 Å². The minimum atomic E-state index is -0.551. The van der Waals surface area contributed by atoms with Crippen molar-refractivity contribution in [2.75, 3.05) is 0 Å². The second-order valence-electron chi connectivity index (χ2n) is 8.25. The summed E-state index contributed by atoms with van der Waals surface area (Å²) >= 11 is 0. The fourth-order valence-corrected chi connectivity index (χ4v) is 4.32. The van der Waals surface area contributed by atoms with Crippen LogP contribution in [0.1, 0.15) is 72.8 Å². The first kappa shape index (κ1) is 19.0. The normalized spacial score (nSPS) is 18.9. The van der Waals surface area contributed by atoms with Gasteiger partial charge in [-0.2, -0.15) is 9.49 Å². The molecular weight excluding hydrogens is 357 g/mol. The molecule has 5 nitrogen and oxygen atoms in total. The van der Waals surface area contributed by atoms with E-state index < -0.39 is 5.95 Å². The van der Waals surface area contributed by atoms with Gasteiger partial charge < -0.3 is 9.64 Å². The number of amides is 1. The minimum Gasteiger partial charge on any atom is -0.491 e. The topological polar surface area (TPSA) is 47.4 Å². The van der Waals surface area contributed by atoms with Gasteiger partial charge in [0.1, 0.15) is 11.3 Å². The molecule has 0 aliphatic heterocycles. The number of halogens is 1. The molecule has 1 aromatic heterocycles. The number of rotatable bonds is 5. The summed E-state index contributed by atoms with van der Waals surface area (Å²) in [5.74, 6) is 0.0867. The Morgan fingerprint density at radius 2 is 2.07 bits per heavy atom. The standard InChI is InChI=1S/C22H28FN3O2/c1-13(2)28-17-10-11-18-15(12-17)6-5-7-19(18)26(16-8-9-16)22(27)20-14(3)24-25(4)21(20)23/h10-13,16,19H,5-9H2,1-4H3. The number of hydrogen-bond donors (Lipinski definition) is 0. The van der Waals surface area contributed by atoms with E-state index in [1.807, 2.05) is 24.8 Å². The molecule has 1 aromatic carbocycles. The molecule has 1 fully saturated rings. The molecule has 2 aliphatic rings. The highest BCUT2D eigenvalue weighted by atomic mass is 19.1. The molecule has 28 heavy (non-hydrogen) atoms. The van der Waals surface area contributed by atoms with Crippen molar-refractivity contribution in [3.8, 4) is 5.75 Å². The Morgan fingerprint density at radius 3 is 2.68 bits per heavy atom. The average molecular weight is 385 g/mol. The lowest BCUT2D eigenvalue weighted by Crippen LogP contribution is -2.39. The smallest absolute Gasteiger partial charge is 0.261 e. The summed E-state index contributed by atoms with van der Waals surface area (Å²) < 4.78 is 21.6. The van der Waals surface area contributed by atoms with Crippen LogP contribution in [-0.2, 0) is 13.5 Å². The largest absolute Gasteiger partial charge is 0.491 e. The van der Waals surface area contributed by atoms with Crippen molar-refractivity contribution in [3.05, 3.63) is 46.5 Å². The minimum absolute atomic E-state index is 0.0177. The number of carbonyl (C=O) groups is 1. The van der Waals surface area contributed by atoms with Crippen molar-refractivity contribution in [1.82, 2.24) is 14.7 Å². The van der Waals surface area contributed by atoms with E-state index in [-0.39, 0.29) is 29.7 Å². The third-order valence-corrected chi connectivity index (χ3v) is 5.65. The summed E-state index contributed by atoms with van der Waals surface area (Å²) in [4.78, 5) is 15.3. The maximum Gasteiger partial charge on any atom is 0.261 e. The third-order valence-electron chi connectivity index (χ3n) is 5.65. The lowest BCUT2D eigenvalue weighted by atomic mass is 9.86. The number of ether oxygens (including phenoxy) is 1. The number of benzene rings is 1. The number of carbonyl (C=O) groups excluding carboxylic acids is 1. The van der Waals surface area contributed by atoms with Gasteiger partial charge in [0, 0.05) is 13.1 Å². The van der Waals surface area contributed by atoms with Gasteiger partial charge in [0.2, 0.25) is 5.95 Å². The second kappa shape index (κ2) is 7.22. The Hall–Kier alpha value is -2.37. The van der Waals surface area contributed by atoms with E-state index in [0.29, 0.717) is 5.69 Å². The molecule has 0 N–H and O–H groups in total. The van der Waals surface area contributed by atoms with Gasteiger partial charge in [-0.05, 0) is 76.1 Å². The Bertz CT molecular complexity index is 901. The summed E-state index contributed by atoms with van der Waals surface area (Å²) in [7, 11) is 1.53. The molecule has 1 amide bonds. The van der Waals surface area contributed by atoms with Crippen LogP contribution in [0.5, 0.6) is 5.75 Å². The van der Waals surface area contributed by atoms with E-state index >= 15 is 0 Å². The zero-order valence-corrected chi connectivity index (χ0v) is 17.0. The van der Waals surface area contributed by atoms with Crippen molar-refractivity contribution < 1.29 is 13.9 Å². The zero-order chi connectivity index (χ0) is 20.0. The van der Waals surface area contributed by atoms with E-state index in [4.69, 9.17) is 4.74 Å². The van der Waals surface area contributed by atoms with Crippen molar-refractivity contribution in [2.45, 2.75) is 71.1 Å². The number of aromatic nitrogens is 2. The molecule has 2 aromatic rings. The van der Waals surface area contributed by atoms with E-state index in [1.54, 1.807) is 6.92 Å². The van der Waals surface area contributed by atoms with Crippen LogP contribution in [0.3, 0.4) is 0 Å². The zero-order valence-electron chi connectivity index (χ0n) is 17.0. The number of hydrogen-bond acceptors (Lipinski definition) is 3. The fourth-order valence-electron chi connectivity index (χ4n) is 4.32. The molecule has 1 unspecified atom stereocenters. The first-order chi connectivity index (χ1) is 13.4. The second-order valence-corrected chi connectivity index (χ2v) is 8.25. The van der Waals surface area contributed by atoms with Crippen LogP contribution < -0.4 is 4.74 Å². The van der Waals surface area contributed by atoms with Crippen LogP contribution in [0.4, 0.5) is 4.39 Å². The van der Waals surface area contributed by atoms with Crippen LogP contribution in [0.15, 0.2) is 18.2 Å². The molecule has 0 radical (unpaired) electrons. The molecule has 0 saturated heterocycles. The van der Waals surface area contributed by atoms with Crippen molar-refractivity contribution in [3.63, 3.8) is 0 Å². The quantitative estimate of drug-likeness (QED) is 0.769. The summed E-state index contributed by atoms with van der Waals surface area (Å²) in [5.41, 5.74) is 2.97. The van der Waals surface area contributed by atoms with E-state index in [9.17, 15) is 9.18 Å². The van der Waals surface area contributed by atoms with Crippen molar-refractivity contribution in [2.24, 2.45) is 7.05 Å². The lowest BCUT2D eigenvalue weighted by Gasteiger charge is -2.36.